The predicted octanol–water partition coefficient (Wildman–Crippen LogP) is 4.61. The van der Waals surface area contributed by atoms with Crippen molar-refractivity contribution < 1.29 is 9.59 Å². The van der Waals surface area contributed by atoms with Crippen molar-refractivity contribution in [2.24, 2.45) is 11.8 Å². The number of amides is 3. The largest absolute Gasteiger partial charge is 0.342 e. The van der Waals surface area contributed by atoms with Gasteiger partial charge in [-0.1, -0.05) is 29.9 Å². The summed E-state index contributed by atoms with van der Waals surface area (Å²) in [5, 5.41) is 3.51. The van der Waals surface area contributed by atoms with Crippen LogP contribution in [0.25, 0.3) is 0 Å². The number of hydrogen-bond acceptors (Lipinski definition) is 4. The van der Waals surface area contributed by atoms with Gasteiger partial charge in [-0.3, -0.25) is 10.1 Å². The van der Waals surface area contributed by atoms with Gasteiger partial charge in [-0.25, -0.2) is 9.78 Å². The molecule has 1 N–H and O–H groups in total. The van der Waals surface area contributed by atoms with E-state index in [1.807, 2.05) is 4.90 Å². The van der Waals surface area contributed by atoms with Crippen LogP contribution in [0.5, 0.6) is 0 Å². The fourth-order valence-corrected chi connectivity index (χ4v) is 5.37. The fourth-order valence-electron chi connectivity index (χ4n) is 4.57. The third kappa shape index (κ3) is 4.62. The molecule has 1 aromatic heterocycles. The number of hydrogen-bond donors (Lipinski definition) is 1. The molecule has 28 heavy (non-hydrogen) atoms. The van der Waals surface area contributed by atoms with Crippen molar-refractivity contribution in [1.29, 1.82) is 0 Å². The molecule has 154 valence electrons. The number of piperidine rings is 1. The van der Waals surface area contributed by atoms with Crippen molar-refractivity contribution in [2.75, 3.05) is 18.4 Å². The molecule has 1 saturated heterocycles. The molecule has 2 saturated carbocycles. The maximum Gasteiger partial charge on any atom is 0.324 e. The SMILES string of the molecule is CC1CCC(N(C(=O)Nc2ncc(Cl)s2)C2CCN(C(=O)C3CC3)CC2)CC1. The van der Waals surface area contributed by atoms with Crippen LogP contribution in [0.4, 0.5) is 9.93 Å². The molecule has 3 fully saturated rings. The number of nitrogens with one attached hydrogen (secondary N) is 1. The first-order valence-electron chi connectivity index (χ1n) is 10.5. The summed E-state index contributed by atoms with van der Waals surface area (Å²) in [4.78, 5) is 33.8. The second-order valence-electron chi connectivity index (χ2n) is 8.55. The highest BCUT2D eigenvalue weighted by atomic mass is 35.5. The highest BCUT2D eigenvalue weighted by molar-refractivity contribution is 7.19. The van der Waals surface area contributed by atoms with Crippen LogP contribution in [0.2, 0.25) is 4.34 Å². The molecule has 6 nitrogen and oxygen atoms in total. The van der Waals surface area contributed by atoms with Gasteiger partial charge in [0.1, 0.15) is 4.34 Å². The second-order valence-corrected chi connectivity index (χ2v) is 10.2. The number of nitrogens with zero attached hydrogens (tertiary/aromatic N) is 3. The third-order valence-corrected chi connectivity index (χ3v) is 7.43. The minimum atomic E-state index is -0.0717. The van der Waals surface area contributed by atoms with Crippen LogP contribution < -0.4 is 5.32 Å². The van der Waals surface area contributed by atoms with Gasteiger partial charge in [-0.05, 0) is 57.3 Å². The highest BCUT2D eigenvalue weighted by Crippen LogP contribution is 2.34. The van der Waals surface area contributed by atoms with E-state index in [1.165, 1.54) is 11.3 Å². The Bertz CT molecular complexity index is 707. The molecule has 1 aromatic rings. The summed E-state index contributed by atoms with van der Waals surface area (Å²) in [5.41, 5.74) is 0. The van der Waals surface area contributed by atoms with Crippen molar-refractivity contribution in [3.05, 3.63) is 10.5 Å². The number of rotatable bonds is 4. The lowest BCUT2D eigenvalue weighted by molar-refractivity contribution is -0.134. The molecule has 3 amide bonds. The number of aromatic nitrogens is 1. The monoisotopic (exact) mass is 424 g/mol. The molecule has 8 heteroatoms. The van der Waals surface area contributed by atoms with Gasteiger partial charge < -0.3 is 9.80 Å². The zero-order valence-corrected chi connectivity index (χ0v) is 18.0. The van der Waals surface area contributed by atoms with Crippen LogP contribution in [0, 0.1) is 11.8 Å². The molecule has 0 aromatic carbocycles. The molecule has 4 rings (SSSR count). The van der Waals surface area contributed by atoms with Crippen LogP contribution in [-0.4, -0.2) is 51.9 Å². The second kappa shape index (κ2) is 8.57. The number of halogens is 1. The molecule has 0 atom stereocenters. The molecule has 0 spiro atoms. The Morgan fingerprint density at radius 3 is 2.32 bits per heavy atom. The van der Waals surface area contributed by atoms with E-state index in [4.69, 9.17) is 11.6 Å². The van der Waals surface area contributed by atoms with E-state index in [0.29, 0.717) is 15.4 Å². The van der Waals surface area contributed by atoms with E-state index < -0.39 is 0 Å². The van der Waals surface area contributed by atoms with E-state index in [9.17, 15) is 9.59 Å². The lowest BCUT2D eigenvalue weighted by atomic mass is 9.85. The average molecular weight is 425 g/mol. The predicted molar refractivity (Wildman–Crippen MR) is 112 cm³/mol. The maximum atomic E-state index is 13.2. The Kier molecular flexibility index (Phi) is 6.11. The summed E-state index contributed by atoms with van der Waals surface area (Å²) in [6.07, 6.45) is 9.80. The zero-order valence-electron chi connectivity index (χ0n) is 16.4. The molecular weight excluding hydrogens is 396 g/mol. The van der Waals surface area contributed by atoms with Crippen LogP contribution >= 0.6 is 22.9 Å². The summed E-state index contributed by atoms with van der Waals surface area (Å²) in [5.74, 6) is 1.32. The van der Waals surface area contributed by atoms with Gasteiger partial charge >= 0.3 is 6.03 Å². The third-order valence-electron chi connectivity index (χ3n) is 6.40. The average Bonchev–Trinajstić information content (AvgIpc) is 3.46. The van der Waals surface area contributed by atoms with E-state index >= 15 is 0 Å². The lowest BCUT2D eigenvalue weighted by Crippen LogP contribution is -2.54. The molecule has 2 aliphatic carbocycles. The highest BCUT2D eigenvalue weighted by Gasteiger charge is 2.38. The van der Waals surface area contributed by atoms with Gasteiger partial charge in [-0.2, -0.15) is 0 Å². The summed E-state index contributed by atoms with van der Waals surface area (Å²) in [7, 11) is 0. The molecular formula is C20H29ClN4O2S. The normalized spacial score (nSPS) is 26.1. The van der Waals surface area contributed by atoms with Gasteiger partial charge in [0, 0.05) is 31.1 Å². The minimum Gasteiger partial charge on any atom is -0.342 e. The van der Waals surface area contributed by atoms with Crippen LogP contribution in [0.15, 0.2) is 6.20 Å². The number of carbonyl (C=O) groups excluding carboxylic acids is 2. The first kappa shape index (κ1) is 20.0. The molecule has 2 heterocycles. The Hall–Kier alpha value is -1.34. The van der Waals surface area contributed by atoms with Crippen LogP contribution in [0.1, 0.15) is 58.3 Å². The van der Waals surface area contributed by atoms with Gasteiger partial charge in [-0.15, -0.1) is 0 Å². The zero-order chi connectivity index (χ0) is 19.7. The molecule has 3 aliphatic rings. The first-order chi connectivity index (χ1) is 13.5. The Labute approximate surface area is 175 Å². The summed E-state index contributed by atoms with van der Waals surface area (Å²) < 4.78 is 0.570. The van der Waals surface area contributed by atoms with E-state index in [2.05, 4.69) is 22.1 Å². The summed E-state index contributed by atoms with van der Waals surface area (Å²) >= 11 is 7.25. The van der Waals surface area contributed by atoms with Gasteiger partial charge in [0.15, 0.2) is 5.13 Å². The lowest BCUT2D eigenvalue weighted by Gasteiger charge is -2.44. The van der Waals surface area contributed by atoms with Gasteiger partial charge in [0.2, 0.25) is 5.91 Å². The summed E-state index contributed by atoms with van der Waals surface area (Å²) in [6.45, 7) is 3.81. The van der Waals surface area contributed by atoms with Gasteiger partial charge in [0.05, 0.1) is 6.20 Å². The quantitative estimate of drug-likeness (QED) is 0.767. The number of likely N-dealkylation sites (tertiary alicyclic amines) is 1. The number of carbonyl (C=O) groups is 2. The Balaban J connectivity index is 1.43. The number of urea groups is 1. The van der Waals surface area contributed by atoms with Gasteiger partial charge in [0.25, 0.3) is 0 Å². The molecule has 0 radical (unpaired) electrons. The Morgan fingerprint density at radius 2 is 1.75 bits per heavy atom. The number of thiazole rings is 1. The smallest absolute Gasteiger partial charge is 0.324 e. The fraction of sp³-hybridized carbons (Fsp3) is 0.750. The summed E-state index contributed by atoms with van der Waals surface area (Å²) in [6, 6.07) is 0.372. The van der Waals surface area contributed by atoms with E-state index in [-0.39, 0.29) is 24.0 Å². The van der Waals surface area contributed by atoms with Crippen molar-refractivity contribution in [3.8, 4) is 0 Å². The van der Waals surface area contributed by atoms with Crippen molar-refractivity contribution in [3.63, 3.8) is 0 Å². The van der Waals surface area contributed by atoms with Crippen LogP contribution in [-0.2, 0) is 4.79 Å². The molecule has 1 aliphatic heterocycles. The Morgan fingerprint density at radius 1 is 1.11 bits per heavy atom. The first-order valence-corrected chi connectivity index (χ1v) is 11.7. The van der Waals surface area contributed by atoms with Crippen molar-refractivity contribution in [1.82, 2.24) is 14.8 Å². The van der Waals surface area contributed by atoms with E-state index in [0.717, 1.165) is 70.4 Å². The topological polar surface area (TPSA) is 65.5 Å². The van der Waals surface area contributed by atoms with Crippen LogP contribution in [0.3, 0.4) is 0 Å². The van der Waals surface area contributed by atoms with Crippen molar-refractivity contribution in [2.45, 2.75) is 70.4 Å². The molecule has 0 unspecified atom stereocenters. The number of anilines is 1. The maximum absolute atomic E-state index is 13.2. The minimum absolute atomic E-state index is 0.0717. The van der Waals surface area contributed by atoms with E-state index in [1.54, 1.807) is 6.20 Å². The van der Waals surface area contributed by atoms with Crippen molar-refractivity contribution >= 4 is 40.0 Å². The molecule has 0 bridgehead atoms. The standard InChI is InChI=1S/C20H29ClN4O2S/c1-13-2-6-15(7-3-13)25(20(27)23-19-22-12-17(21)28-19)16-8-10-24(11-9-16)18(26)14-4-5-14/h12-16H,2-11H2,1H3,(H,22,23,27).